The number of hydrogen-bond acceptors (Lipinski definition) is 4. The van der Waals surface area contributed by atoms with Gasteiger partial charge in [-0.05, 0) is 73.1 Å². The zero-order chi connectivity index (χ0) is 23.3. The number of aryl methyl sites for hydroxylation is 1. The smallest absolute Gasteiger partial charge is 0.251 e. The quantitative estimate of drug-likeness (QED) is 0.500. The van der Waals surface area contributed by atoms with Crippen LogP contribution in [0.25, 0.3) is 0 Å². The van der Waals surface area contributed by atoms with Crippen LogP contribution in [0, 0.1) is 0 Å². The van der Waals surface area contributed by atoms with Crippen LogP contribution in [0.2, 0.25) is 0 Å². The molecule has 2 aliphatic rings. The van der Waals surface area contributed by atoms with Crippen molar-refractivity contribution < 1.29 is 14.0 Å². The Kier molecular flexibility index (Phi) is 6.77. The lowest BCUT2D eigenvalue weighted by molar-refractivity contribution is -0.123. The van der Waals surface area contributed by atoms with Crippen LogP contribution in [0.5, 0.6) is 0 Å². The Hall–Kier alpha value is -3.38. The highest BCUT2D eigenvalue weighted by Crippen LogP contribution is 2.29. The number of furan rings is 1. The van der Waals surface area contributed by atoms with Gasteiger partial charge in [0.15, 0.2) is 0 Å². The number of hydrogen-bond donors (Lipinski definition) is 2. The average Bonchev–Trinajstić information content (AvgIpc) is 3.51. The van der Waals surface area contributed by atoms with Gasteiger partial charge in [-0.1, -0.05) is 36.4 Å². The van der Waals surface area contributed by atoms with Crippen molar-refractivity contribution in [1.29, 1.82) is 0 Å². The van der Waals surface area contributed by atoms with E-state index in [4.69, 9.17) is 4.42 Å². The molecule has 1 unspecified atom stereocenters. The second-order valence-electron chi connectivity index (χ2n) is 9.38. The predicted molar refractivity (Wildman–Crippen MR) is 130 cm³/mol. The van der Waals surface area contributed by atoms with Crippen molar-refractivity contribution in [3.8, 4) is 0 Å². The molecule has 6 heteroatoms. The maximum Gasteiger partial charge on any atom is 0.251 e. The lowest BCUT2D eigenvalue weighted by Crippen LogP contribution is -2.39. The van der Waals surface area contributed by atoms with Gasteiger partial charge in [-0.3, -0.25) is 14.5 Å². The largest absolute Gasteiger partial charge is 0.468 e. The van der Waals surface area contributed by atoms with Crippen LogP contribution in [0.4, 0.5) is 0 Å². The van der Waals surface area contributed by atoms with Crippen LogP contribution in [-0.2, 0) is 24.3 Å². The summed E-state index contributed by atoms with van der Waals surface area (Å²) in [6.07, 6.45) is 6.91. The van der Waals surface area contributed by atoms with Gasteiger partial charge in [-0.2, -0.15) is 0 Å². The maximum absolute atomic E-state index is 13.1. The fourth-order valence-electron chi connectivity index (χ4n) is 4.65. The third-order valence-electron chi connectivity index (χ3n) is 6.57. The van der Waals surface area contributed by atoms with Gasteiger partial charge < -0.3 is 15.1 Å². The summed E-state index contributed by atoms with van der Waals surface area (Å²) in [5.41, 5.74) is 4.28. The number of nitrogens with one attached hydrogen (secondary N) is 2. The van der Waals surface area contributed by atoms with Gasteiger partial charge in [0.2, 0.25) is 5.91 Å². The molecule has 2 aliphatic carbocycles. The van der Waals surface area contributed by atoms with E-state index in [2.05, 4.69) is 33.7 Å². The molecule has 1 heterocycles. The minimum atomic E-state index is -0.0198. The zero-order valence-corrected chi connectivity index (χ0v) is 19.3. The number of fused-ring (bicyclic) bond motifs is 1. The van der Waals surface area contributed by atoms with Crippen LogP contribution < -0.4 is 10.6 Å². The SMILES string of the molecule is O=C(CN(Cc1ccc(C(=O)NC2CC2)cc1)Cc1ccco1)NC1CCCc2ccccc21. The van der Waals surface area contributed by atoms with Crippen LogP contribution in [-0.4, -0.2) is 29.3 Å². The molecule has 1 fully saturated rings. The molecule has 2 N–H and O–H groups in total. The molecular formula is C28H31N3O3. The van der Waals surface area contributed by atoms with Crippen molar-refractivity contribution in [2.75, 3.05) is 6.54 Å². The van der Waals surface area contributed by atoms with E-state index in [0.29, 0.717) is 24.7 Å². The van der Waals surface area contributed by atoms with E-state index < -0.39 is 0 Å². The van der Waals surface area contributed by atoms with E-state index in [1.807, 2.05) is 42.5 Å². The Morgan fingerprint density at radius 1 is 0.912 bits per heavy atom. The molecule has 2 aromatic carbocycles. The Balaban J connectivity index is 1.24. The van der Waals surface area contributed by atoms with Gasteiger partial charge >= 0.3 is 0 Å². The lowest BCUT2D eigenvalue weighted by Gasteiger charge is -2.28. The minimum Gasteiger partial charge on any atom is -0.468 e. The van der Waals surface area contributed by atoms with Crippen LogP contribution in [0.1, 0.15) is 64.5 Å². The summed E-state index contributed by atoms with van der Waals surface area (Å²) in [6, 6.07) is 20.2. The summed E-state index contributed by atoms with van der Waals surface area (Å²) < 4.78 is 5.55. The molecule has 0 radical (unpaired) electrons. The average molecular weight is 458 g/mol. The highest BCUT2D eigenvalue weighted by atomic mass is 16.3. The van der Waals surface area contributed by atoms with E-state index in [0.717, 1.165) is 43.4 Å². The molecule has 2 amide bonds. The first-order valence-electron chi connectivity index (χ1n) is 12.2. The van der Waals surface area contributed by atoms with Crippen LogP contribution in [0.3, 0.4) is 0 Å². The van der Waals surface area contributed by atoms with Crippen LogP contribution >= 0.6 is 0 Å². The van der Waals surface area contributed by atoms with Crippen molar-refractivity contribution in [3.63, 3.8) is 0 Å². The number of rotatable bonds is 9. The summed E-state index contributed by atoms with van der Waals surface area (Å²) in [7, 11) is 0. The summed E-state index contributed by atoms with van der Waals surface area (Å²) in [5.74, 6) is 0.804. The maximum atomic E-state index is 13.1. The second-order valence-corrected chi connectivity index (χ2v) is 9.38. The molecule has 1 saturated carbocycles. The molecule has 0 spiro atoms. The van der Waals surface area contributed by atoms with Crippen LogP contribution in [0.15, 0.2) is 71.3 Å². The molecule has 1 atom stereocenters. The standard InChI is InChI=1S/C28H31N3O3/c32-27(30-26-9-3-6-21-5-1-2-8-25(21)26)19-31(18-24-7-4-16-34-24)17-20-10-12-22(13-11-20)28(33)29-23-14-15-23/h1-2,4-5,7-8,10-13,16,23,26H,3,6,9,14-15,17-19H2,(H,29,33)(H,30,32). The Morgan fingerprint density at radius 2 is 1.74 bits per heavy atom. The van der Waals surface area contributed by atoms with Gasteiger partial charge in [0.25, 0.3) is 5.91 Å². The van der Waals surface area contributed by atoms with Gasteiger partial charge in [0.1, 0.15) is 5.76 Å². The number of nitrogens with zero attached hydrogens (tertiary/aromatic N) is 1. The van der Waals surface area contributed by atoms with Crippen molar-refractivity contribution in [1.82, 2.24) is 15.5 Å². The molecular weight excluding hydrogens is 426 g/mol. The third kappa shape index (κ3) is 5.75. The van der Waals surface area contributed by atoms with E-state index in [1.54, 1.807) is 6.26 Å². The monoisotopic (exact) mass is 457 g/mol. The highest BCUT2D eigenvalue weighted by Gasteiger charge is 2.24. The fraction of sp³-hybridized carbons (Fsp3) is 0.357. The number of carbonyl (C=O) groups excluding carboxylic acids is 2. The number of amides is 2. The molecule has 0 saturated heterocycles. The number of benzene rings is 2. The number of carbonyl (C=O) groups is 2. The minimum absolute atomic E-state index is 0.00805. The molecule has 3 aromatic rings. The normalized spacial score (nSPS) is 17.3. The van der Waals surface area contributed by atoms with Crippen molar-refractivity contribution in [2.24, 2.45) is 0 Å². The fourth-order valence-corrected chi connectivity index (χ4v) is 4.65. The van der Waals surface area contributed by atoms with Crippen molar-refractivity contribution >= 4 is 11.8 Å². The Labute approximate surface area is 200 Å². The van der Waals surface area contributed by atoms with E-state index in [-0.39, 0.29) is 24.4 Å². The molecule has 5 rings (SSSR count). The molecule has 0 bridgehead atoms. The van der Waals surface area contributed by atoms with E-state index >= 15 is 0 Å². The first-order chi connectivity index (χ1) is 16.6. The molecule has 0 aliphatic heterocycles. The summed E-state index contributed by atoms with van der Waals surface area (Å²) in [5, 5.41) is 6.27. The molecule has 6 nitrogen and oxygen atoms in total. The van der Waals surface area contributed by atoms with Gasteiger partial charge in [-0.15, -0.1) is 0 Å². The van der Waals surface area contributed by atoms with Gasteiger partial charge in [0.05, 0.1) is 25.4 Å². The Morgan fingerprint density at radius 3 is 2.50 bits per heavy atom. The van der Waals surface area contributed by atoms with Crippen molar-refractivity contribution in [3.05, 3.63) is 94.9 Å². The second kappa shape index (κ2) is 10.3. The van der Waals surface area contributed by atoms with E-state index in [9.17, 15) is 9.59 Å². The Bertz CT molecular complexity index is 1120. The molecule has 1 aromatic heterocycles. The zero-order valence-electron chi connectivity index (χ0n) is 19.3. The first-order valence-corrected chi connectivity index (χ1v) is 12.2. The van der Waals surface area contributed by atoms with Crippen molar-refractivity contribution in [2.45, 2.75) is 57.3 Å². The molecule has 176 valence electrons. The highest BCUT2D eigenvalue weighted by molar-refractivity contribution is 5.94. The van der Waals surface area contributed by atoms with Gasteiger partial charge in [-0.25, -0.2) is 0 Å². The predicted octanol–water partition coefficient (Wildman–Crippen LogP) is 4.37. The lowest BCUT2D eigenvalue weighted by atomic mass is 9.88. The van der Waals surface area contributed by atoms with E-state index in [1.165, 1.54) is 11.1 Å². The third-order valence-corrected chi connectivity index (χ3v) is 6.57. The first kappa shape index (κ1) is 22.4. The molecule has 34 heavy (non-hydrogen) atoms. The van der Waals surface area contributed by atoms with Gasteiger partial charge in [0, 0.05) is 18.2 Å². The summed E-state index contributed by atoms with van der Waals surface area (Å²) >= 11 is 0. The topological polar surface area (TPSA) is 74.6 Å². The summed E-state index contributed by atoms with van der Waals surface area (Å²) in [6.45, 7) is 1.38. The summed E-state index contributed by atoms with van der Waals surface area (Å²) in [4.78, 5) is 27.4.